The zero-order valence-corrected chi connectivity index (χ0v) is 22.3. The van der Waals surface area contributed by atoms with E-state index in [0.717, 1.165) is 34.1 Å². The Balaban J connectivity index is 1.12. The lowest BCUT2D eigenvalue weighted by Crippen LogP contribution is -2.55. The molecule has 198 valence electrons. The Hall–Kier alpha value is -3.28. The van der Waals surface area contributed by atoms with Crippen molar-refractivity contribution in [3.63, 3.8) is 0 Å². The van der Waals surface area contributed by atoms with Crippen LogP contribution in [0.15, 0.2) is 53.5 Å². The summed E-state index contributed by atoms with van der Waals surface area (Å²) in [5, 5.41) is 4.59. The van der Waals surface area contributed by atoms with Gasteiger partial charge in [0.25, 0.3) is 5.56 Å². The maximum absolute atomic E-state index is 13.4. The lowest BCUT2D eigenvalue weighted by Gasteiger charge is -2.65. The Morgan fingerprint density at radius 3 is 2.47 bits per heavy atom. The van der Waals surface area contributed by atoms with Gasteiger partial charge in [-0.2, -0.15) is 0 Å². The quantitative estimate of drug-likeness (QED) is 0.445. The van der Waals surface area contributed by atoms with E-state index in [0.29, 0.717) is 42.4 Å². The number of nitrogens with zero attached hydrogens (tertiary/aromatic N) is 1. The molecule has 6 heteroatoms. The molecule has 6 nitrogen and oxygen atoms in total. The summed E-state index contributed by atoms with van der Waals surface area (Å²) in [6.07, 6.45) is 9.87. The predicted molar refractivity (Wildman–Crippen MR) is 148 cm³/mol. The van der Waals surface area contributed by atoms with Gasteiger partial charge in [-0.3, -0.25) is 9.59 Å². The third-order valence-electron chi connectivity index (χ3n) is 9.53. The zero-order valence-electron chi connectivity index (χ0n) is 22.3. The highest BCUT2D eigenvalue weighted by atomic mass is 16.6. The molecule has 4 aliphatic carbocycles. The van der Waals surface area contributed by atoms with Gasteiger partial charge in [0.15, 0.2) is 11.5 Å². The first-order chi connectivity index (χ1) is 18.2. The summed E-state index contributed by atoms with van der Waals surface area (Å²) in [6, 6.07) is 13.4. The van der Waals surface area contributed by atoms with Gasteiger partial charge in [-0.15, -0.1) is 0 Å². The Morgan fingerprint density at radius 1 is 0.947 bits per heavy atom. The first-order valence-corrected chi connectivity index (χ1v) is 14.0. The van der Waals surface area contributed by atoms with Crippen LogP contribution >= 0.6 is 0 Å². The van der Waals surface area contributed by atoms with Crippen LogP contribution in [-0.2, 0) is 11.3 Å². The number of pyridine rings is 1. The van der Waals surface area contributed by atoms with Crippen LogP contribution in [0.3, 0.4) is 0 Å². The molecule has 4 bridgehead atoms. The molecular weight excluding hydrogens is 476 g/mol. The fourth-order valence-electron chi connectivity index (χ4n) is 9.35. The summed E-state index contributed by atoms with van der Waals surface area (Å²) < 4.78 is 13.0. The van der Waals surface area contributed by atoms with Gasteiger partial charge in [0.1, 0.15) is 13.2 Å². The van der Waals surface area contributed by atoms with Gasteiger partial charge < -0.3 is 19.4 Å². The van der Waals surface area contributed by atoms with E-state index in [9.17, 15) is 9.59 Å². The normalized spacial score (nSPS) is 30.9. The summed E-state index contributed by atoms with van der Waals surface area (Å²) in [4.78, 5) is 26.9. The molecule has 2 aromatic carbocycles. The van der Waals surface area contributed by atoms with Gasteiger partial charge >= 0.3 is 0 Å². The van der Waals surface area contributed by atoms with E-state index in [1.807, 2.05) is 48.7 Å². The van der Waals surface area contributed by atoms with Crippen molar-refractivity contribution in [2.75, 3.05) is 18.5 Å². The summed E-state index contributed by atoms with van der Waals surface area (Å²) in [7, 11) is 0. The number of carbonyl (C=O) groups is 1. The van der Waals surface area contributed by atoms with Gasteiger partial charge in [-0.1, -0.05) is 26.0 Å². The van der Waals surface area contributed by atoms with Crippen molar-refractivity contribution < 1.29 is 14.3 Å². The van der Waals surface area contributed by atoms with Gasteiger partial charge in [0.2, 0.25) is 5.91 Å². The maximum atomic E-state index is 13.4. The minimum atomic E-state index is -0.0737. The van der Waals surface area contributed by atoms with E-state index < -0.39 is 0 Å². The van der Waals surface area contributed by atoms with Gasteiger partial charge in [-0.25, -0.2) is 0 Å². The largest absolute Gasteiger partial charge is 0.486 e. The van der Waals surface area contributed by atoms with Crippen LogP contribution in [-0.4, -0.2) is 23.7 Å². The topological polar surface area (TPSA) is 69.6 Å². The number of amides is 1. The average molecular weight is 513 g/mol. The second-order valence-electron chi connectivity index (χ2n) is 13.3. The van der Waals surface area contributed by atoms with E-state index in [2.05, 4.69) is 19.2 Å². The number of aromatic nitrogens is 1. The van der Waals surface area contributed by atoms with Crippen molar-refractivity contribution >= 4 is 22.4 Å². The molecule has 0 spiro atoms. The number of carbonyl (C=O) groups excluding carboxylic acids is 1. The van der Waals surface area contributed by atoms with E-state index in [-0.39, 0.29) is 16.9 Å². The fourth-order valence-corrected chi connectivity index (χ4v) is 9.35. The Kier molecular flexibility index (Phi) is 5.24. The third-order valence-corrected chi connectivity index (χ3v) is 9.53. The van der Waals surface area contributed by atoms with Crippen LogP contribution < -0.4 is 20.3 Å². The molecule has 2 atom stereocenters. The summed E-state index contributed by atoms with van der Waals surface area (Å²) in [5.74, 6) is 2.30. The predicted octanol–water partition coefficient (Wildman–Crippen LogP) is 6.15. The molecule has 8 rings (SSSR count). The number of fused-ring (bicyclic) bond motifs is 2. The molecule has 0 saturated heterocycles. The summed E-state index contributed by atoms with van der Waals surface area (Å²) in [6.45, 7) is 6.41. The molecule has 38 heavy (non-hydrogen) atoms. The Bertz CT molecular complexity index is 1490. The molecule has 0 radical (unpaired) electrons. The first kappa shape index (κ1) is 23.8. The average Bonchev–Trinajstić information content (AvgIpc) is 2.83. The van der Waals surface area contributed by atoms with Crippen LogP contribution in [0.5, 0.6) is 11.5 Å². The molecule has 1 amide bonds. The zero-order chi connectivity index (χ0) is 26.1. The standard InChI is InChI=1S/C32H36N2O4/c1-30-13-22-14-31(2,18-30)20-32(15-22,19-30)16-28(35)33-25-5-3-4-24-23(25)8-9-34(29(24)36)17-21-6-7-26-27(12-21)38-11-10-37-26/h3-9,12,22H,10-11,13-20H2,1-2H3,(H,33,35). The van der Waals surface area contributed by atoms with Crippen LogP contribution in [0.2, 0.25) is 0 Å². The second-order valence-corrected chi connectivity index (χ2v) is 13.3. The molecule has 1 aromatic heterocycles. The number of ether oxygens (including phenoxy) is 2. The van der Waals surface area contributed by atoms with Crippen LogP contribution in [0.25, 0.3) is 10.8 Å². The molecule has 3 aromatic rings. The third kappa shape index (κ3) is 4.09. The lowest BCUT2D eigenvalue weighted by molar-refractivity contribution is -0.153. The Morgan fingerprint density at radius 2 is 1.71 bits per heavy atom. The highest BCUT2D eigenvalue weighted by Crippen LogP contribution is 2.70. The van der Waals surface area contributed by atoms with Crippen LogP contribution in [0.4, 0.5) is 5.69 Å². The molecule has 1 aliphatic heterocycles. The van der Waals surface area contributed by atoms with Crippen molar-refractivity contribution in [2.45, 2.75) is 65.3 Å². The van der Waals surface area contributed by atoms with Crippen molar-refractivity contribution in [3.05, 3.63) is 64.6 Å². The van der Waals surface area contributed by atoms with Crippen LogP contribution in [0, 0.1) is 22.2 Å². The maximum Gasteiger partial charge on any atom is 0.258 e. The molecule has 2 unspecified atom stereocenters. The molecule has 4 saturated carbocycles. The summed E-state index contributed by atoms with van der Waals surface area (Å²) >= 11 is 0. The molecule has 5 aliphatic rings. The number of hydrogen-bond donors (Lipinski definition) is 1. The summed E-state index contributed by atoms with van der Waals surface area (Å²) in [5.41, 5.74) is 2.51. The van der Waals surface area contributed by atoms with Gasteiger partial charge in [0.05, 0.1) is 6.54 Å². The van der Waals surface area contributed by atoms with E-state index in [1.54, 1.807) is 4.57 Å². The highest BCUT2D eigenvalue weighted by molar-refractivity contribution is 6.02. The minimum Gasteiger partial charge on any atom is -0.486 e. The van der Waals surface area contributed by atoms with E-state index in [4.69, 9.17) is 9.47 Å². The van der Waals surface area contributed by atoms with Gasteiger partial charge in [-0.05, 0) is 96.6 Å². The van der Waals surface area contributed by atoms with Crippen molar-refractivity contribution in [3.8, 4) is 11.5 Å². The number of benzene rings is 2. The SMILES string of the molecule is CC12CC3CC(C)(C1)CC(CC(=O)Nc1cccc4c(=O)n(Cc5ccc6c(c5)OCCO6)ccc14)(C3)C2. The molecule has 1 N–H and O–H groups in total. The number of rotatable bonds is 5. The molecular formula is C32H36N2O4. The van der Waals surface area contributed by atoms with Gasteiger partial charge in [0, 0.05) is 29.1 Å². The minimum absolute atomic E-state index is 0.0737. The number of hydrogen-bond acceptors (Lipinski definition) is 4. The van der Waals surface area contributed by atoms with Crippen molar-refractivity contribution in [2.24, 2.45) is 22.2 Å². The number of anilines is 1. The smallest absolute Gasteiger partial charge is 0.258 e. The fraction of sp³-hybridized carbons (Fsp3) is 0.500. The highest BCUT2D eigenvalue weighted by Gasteiger charge is 2.60. The van der Waals surface area contributed by atoms with Crippen molar-refractivity contribution in [1.29, 1.82) is 0 Å². The second kappa shape index (κ2) is 8.36. The van der Waals surface area contributed by atoms with Crippen molar-refractivity contribution in [1.82, 2.24) is 4.57 Å². The Labute approximate surface area is 223 Å². The lowest BCUT2D eigenvalue weighted by atomic mass is 9.40. The first-order valence-electron chi connectivity index (χ1n) is 14.0. The van der Waals surface area contributed by atoms with E-state index >= 15 is 0 Å². The number of nitrogens with one attached hydrogen (secondary N) is 1. The monoisotopic (exact) mass is 512 g/mol. The molecule has 4 fully saturated rings. The molecule has 2 heterocycles. The van der Waals surface area contributed by atoms with Crippen LogP contribution in [0.1, 0.15) is 64.4 Å². The van der Waals surface area contributed by atoms with E-state index in [1.165, 1.54) is 38.5 Å².